The number of H-pyrrole nitrogens is 1. The standard InChI is InChI=1S/C15H9F3N2O2/c16-15(17,18)11-3-1-2-9-10(7-20-13(9)11)12-6-8(14(21)22)4-5-19-12/h1-7,20H,(H,21,22). The molecule has 0 aliphatic rings. The van der Waals surface area contributed by atoms with E-state index < -0.39 is 17.7 Å². The summed E-state index contributed by atoms with van der Waals surface area (Å²) in [6, 6.07) is 6.48. The fraction of sp³-hybridized carbons (Fsp3) is 0.0667. The number of aromatic amines is 1. The number of fused-ring (bicyclic) bond motifs is 1. The van der Waals surface area contributed by atoms with Gasteiger partial charge in [-0.05, 0) is 18.2 Å². The van der Waals surface area contributed by atoms with Crippen LogP contribution in [-0.2, 0) is 6.18 Å². The van der Waals surface area contributed by atoms with Gasteiger partial charge in [0.15, 0.2) is 0 Å². The molecular weight excluding hydrogens is 297 g/mol. The molecule has 2 aromatic heterocycles. The molecule has 0 aliphatic heterocycles. The van der Waals surface area contributed by atoms with E-state index in [0.29, 0.717) is 16.6 Å². The van der Waals surface area contributed by atoms with Gasteiger partial charge in [-0.1, -0.05) is 12.1 Å². The minimum Gasteiger partial charge on any atom is -0.478 e. The molecule has 0 radical (unpaired) electrons. The summed E-state index contributed by atoms with van der Waals surface area (Å²) in [5.74, 6) is -1.13. The first-order valence-electron chi connectivity index (χ1n) is 6.25. The summed E-state index contributed by atoms with van der Waals surface area (Å²) >= 11 is 0. The third-order valence-electron chi connectivity index (χ3n) is 3.30. The second-order valence-electron chi connectivity index (χ2n) is 4.66. The van der Waals surface area contributed by atoms with Gasteiger partial charge in [0.05, 0.1) is 22.3 Å². The summed E-state index contributed by atoms with van der Waals surface area (Å²) < 4.78 is 39.0. The number of carboxylic acid groups (broad SMARTS) is 1. The Morgan fingerprint density at radius 3 is 2.68 bits per heavy atom. The van der Waals surface area contributed by atoms with Crippen LogP contribution in [0.3, 0.4) is 0 Å². The van der Waals surface area contributed by atoms with E-state index in [2.05, 4.69) is 9.97 Å². The van der Waals surface area contributed by atoms with Crippen LogP contribution in [0, 0.1) is 0 Å². The number of nitrogens with one attached hydrogen (secondary N) is 1. The summed E-state index contributed by atoms with van der Waals surface area (Å²) in [6.07, 6.45) is -1.77. The predicted octanol–water partition coefficient (Wildman–Crippen LogP) is 3.95. The molecule has 2 heterocycles. The van der Waals surface area contributed by atoms with Crippen LogP contribution in [0.2, 0.25) is 0 Å². The van der Waals surface area contributed by atoms with E-state index in [4.69, 9.17) is 5.11 Å². The number of pyridine rings is 1. The molecule has 1 aromatic carbocycles. The average molecular weight is 306 g/mol. The zero-order valence-corrected chi connectivity index (χ0v) is 11.0. The van der Waals surface area contributed by atoms with Crippen LogP contribution in [0.5, 0.6) is 0 Å². The van der Waals surface area contributed by atoms with Gasteiger partial charge >= 0.3 is 12.1 Å². The van der Waals surface area contributed by atoms with Crippen LogP contribution in [-0.4, -0.2) is 21.0 Å². The van der Waals surface area contributed by atoms with Crippen LogP contribution in [0.4, 0.5) is 13.2 Å². The van der Waals surface area contributed by atoms with Crippen molar-refractivity contribution in [1.29, 1.82) is 0 Å². The fourth-order valence-electron chi connectivity index (χ4n) is 2.31. The van der Waals surface area contributed by atoms with Crippen molar-refractivity contribution in [3.05, 3.63) is 53.9 Å². The van der Waals surface area contributed by atoms with Crippen molar-refractivity contribution >= 4 is 16.9 Å². The van der Waals surface area contributed by atoms with Crippen LogP contribution in [0.1, 0.15) is 15.9 Å². The molecular formula is C15H9F3N2O2. The smallest absolute Gasteiger partial charge is 0.418 e. The largest absolute Gasteiger partial charge is 0.478 e. The van der Waals surface area contributed by atoms with E-state index in [1.807, 2.05) is 0 Å². The van der Waals surface area contributed by atoms with Crippen molar-refractivity contribution in [2.75, 3.05) is 0 Å². The lowest BCUT2D eigenvalue weighted by Crippen LogP contribution is -2.05. The van der Waals surface area contributed by atoms with E-state index in [1.54, 1.807) is 0 Å². The normalized spacial score (nSPS) is 11.8. The quantitative estimate of drug-likeness (QED) is 0.753. The number of nitrogens with zero attached hydrogens (tertiary/aromatic N) is 1. The Kier molecular flexibility index (Phi) is 3.13. The first-order chi connectivity index (χ1) is 10.4. The maximum Gasteiger partial charge on any atom is 0.418 e. The molecule has 0 amide bonds. The second kappa shape index (κ2) is 4.87. The number of hydrogen-bond donors (Lipinski definition) is 2. The van der Waals surface area contributed by atoms with Gasteiger partial charge < -0.3 is 10.1 Å². The number of carbonyl (C=O) groups is 1. The van der Waals surface area contributed by atoms with Gasteiger partial charge in [0.2, 0.25) is 0 Å². The number of aromatic carboxylic acids is 1. The molecule has 3 rings (SSSR count). The van der Waals surface area contributed by atoms with E-state index in [1.165, 1.54) is 36.7 Å². The Hall–Kier alpha value is -2.83. The molecule has 0 bridgehead atoms. The van der Waals surface area contributed by atoms with Crippen molar-refractivity contribution in [3.8, 4) is 11.3 Å². The van der Waals surface area contributed by atoms with Gasteiger partial charge in [-0.15, -0.1) is 0 Å². The Morgan fingerprint density at radius 1 is 1.23 bits per heavy atom. The molecule has 112 valence electrons. The van der Waals surface area contributed by atoms with Gasteiger partial charge in [-0.25, -0.2) is 4.79 Å². The molecule has 7 heteroatoms. The highest BCUT2D eigenvalue weighted by Crippen LogP contribution is 2.37. The fourth-order valence-corrected chi connectivity index (χ4v) is 2.31. The zero-order chi connectivity index (χ0) is 15.9. The number of benzene rings is 1. The number of hydrogen-bond acceptors (Lipinski definition) is 2. The predicted molar refractivity (Wildman–Crippen MR) is 73.5 cm³/mol. The lowest BCUT2D eigenvalue weighted by Gasteiger charge is -2.08. The van der Waals surface area contributed by atoms with Crippen molar-refractivity contribution < 1.29 is 23.1 Å². The maximum absolute atomic E-state index is 13.0. The van der Waals surface area contributed by atoms with Crippen LogP contribution >= 0.6 is 0 Å². The molecule has 22 heavy (non-hydrogen) atoms. The lowest BCUT2D eigenvalue weighted by molar-refractivity contribution is -0.136. The molecule has 0 saturated heterocycles. The SMILES string of the molecule is O=C(O)c1ccnc(-c2c[nH]c3c(C(F)(F)F)cccc23)c1. The topological polar surface area (TPSA) is 66.0 Å². The first kappa shape index (κ1) is 14.1. The molecule has 2 N–H and O–H groups in total. The molecule has 0 fully saturated rings. The summed E-state index contributed by atoms with van der Waals surface area (Å²) in [7, 11) is 0. The van der Waals surface area contributed by atoms with E-state index in [9.17, 15) is 18.0 Å². The van der Waals surface area contributed by atoms with Gasteiger partial charge in [-0.2, -0.15) is 13.2 Å². The molecule has 0 atom stereocenters. The molecule has 0 unspecified atom stereocenters. The Bertz CT molecular complexity index is 869. The van der Waals surface area contributed by atoms with Crippen molar-refractivity contribution in [3.63, 3.8) is 0 Å². The monoisotopic (exact) mass is 306 g/mol. The maximum atomic E-state index is 13.0. The van der Waals surface area contributed by atoms with Crippen LogP contribution < -0.4 is 0 Å². The Balaban J connectivity index is 2.21. The Labute approximate surface area is 122 Å². The number of aromatic nitrogens is 2. The van der Waals surface area contributed by atoms with Gasteiger partial charge in [0.1, 0.15) is 0 Å². The molecule has 0 spiro atoms. The number of para-hydroxylation sites is 1. The minimum absolute atomic E-state index is 0.0197. The van der Waals surface area contributed by atoms with E-state index in [-0.39, 0.29) is 11.1 Å². The van der Waals surface area contributed by atoms with Crippen LogP contribution in [0.15, 0.2) is 42.7 Å². The number of halogens is 3. The Morgan fingerprint density at radius 2 is 2.00 bits per heavy atom. The second-order valence-corrected chi connectivity index (χ2v) is 4.66. The highest BCUT2D eigenvalue weighted by molar-refractivity contribution is 5.97. The highest BCUT2D eigenvalue weighted by atomic mass is 19.4. The zero-order valence-electron chi connectivity index (χ0n) is 11.0. The van der Waals surface area contributed by atoms with E-state index >= 15 is 0 Å². The third kappa shape index (κ3) is 2.30. The van der Waals surface area contributed by atoms with Crippen molar-refractivity contribution in [1.82, 2.24) is 9.97 Å². The molecule has 3 aromatic rings. The molecule has 4 nitrogen and oxygen atoms in total. The highest BCUT2D eigenvalue weighted by Gasteiger charge is 2.33. The number of alkyl halides is 3. The first-order valence-corrected chi connectivity index (χ1v) is 6.25. The van der Waals surface area contributed by atoms with Gasteiger partial charge in [0, 0.05) is 23.3 Å². The van der Waals surface area contributed by atoms with Crippen molar-refractivity contribution in [2.45, 2.75) is 6.18 Å². The summed E-state index contributed by atoms with van der Waals surface area (Å²) in [5, 5.41) is 9.32. The molecule has 0 saturated carbocycles. The van der Waals surface area contributed by atoms with Crippen molar-refractivity contribution in [2.24, 2.45) is 0 Å². The average Bonchev–Trinajstić information content (AvgIpc) is 2.90. The van der Waals surface area contributed by atoms with Gasteiger partial charge in [-0.3, -0.25) is 4.98 Å². The van der Waals surface area contributed by atoms with E-state index in [0.717, 1.165) is 6.07 Å². The summed E-state index contributed by atoms with van der Waals surface area (Å²) in [6.45, 7) is 0. The number of rotatable bonds is 2. The summed E-state index contributed by atoms with van der Waals surface area (Å²) in [4.78, 5) is 17.6. The number of carboxylic acids is 1. The van der Waals surface area contributed by atoms with Crippen LogP contribution in [0.25, 0.3) is 22.2 Å². The lowest BCUT2D eigenvalue weighted by atomic mass is 10.1. The van der Waals surface area contributed by atoms with Gasteiger partial charge in [0.25, 0.3) is 0 Å². The third-order valence-corrected chi connectivity index (χ3v) is 3.30. The minimum atomic E-state index is -4.47. The summed E-state index contributed by atoms with van der Waals surface area (Å²) in [5.41, 5.74) is -0.0841. The molecule has 0 aliphatic carbocycles.